The van der Waals surface area contributed by atoms with E-state index in [-0.39, 0.29) is 0 Å². The first kappa shape index (κ1) is 24.9. The van der Waals surface area contributed by atoms with Crippen molar-refractivity contribution in [3.63, 3.8) is 0 Å². The molecule has 0 atom stereocenters. The van der Waals surface area contributed by atoms with Gasteiger partial charge in [0.25, 0.3) is 0 Å². The minimum Gasteiger partial charge on any atom is -0.456 e. The summed E-state index contributed by atoms with van der Waals surface area (Å²) in [5.41, 5.74) is 11.1. The number of furan rings is 1. The fourth-order valence-corrected chi connectivity index (χ4v) is 5.75. The fourth-order valence-electron chi connectivity index (χ4n) is 5.75. The van der Waals surface area contributed by atoms with Gasteiger partial charge in [0, 0.05) is 45.4 Å². The first-order chi connectivity index (χ1) is 21.3. The van der Waals surface area contributed by atoms with Crippen LogP contribution in [0.2, 0.25) is 0 Å². The molecule has 43 heavy (non-hydrogen) atoms. The minimum absolute atomic E-state index is 0.810. The van der Waals surface area contributed by atoms with E-state index in [4.69, 9.17) is 14.4 Å². The molecule has 0 unspecified atom stereocenters. The number of para-hydroxylation sites is 1. The lowest BCUT2D eigenvalue weighted by atomic mass is 9.96. The molecule has 3 heterocycles. The van der Waals surface area contributed by atoms with Crippen molar-refractivity contribution in [2.75, 3.05) is 0 Å². The Balaban J connectivity index is 1.44. The topological polar surface area (TPSA) is 51.8 Å². The highest BCUT2D eigenvalue weighted by Gasteiger charge is 2.22. The summed E-state index contributed by atoms with van der Waals surface area (Å²) in [5.74, 6) is 0. The van der Waals surface area contributed by atoms with Gasteiger partial charge in [0.2, 0.25) is 0 Å². The molecule has 4 heteroatoms. The van der Waals surface area contributed by atoms with E-state index < -0.39 is 0 Å². The van der Waals surface area contributed by atoms with Crippen LogP contribution in [0, 0.1) is 0 Å². The Hall–Kier alpha value is -5.87. The number of nitrogens with zero attached hydrogens (tertiary/aromatic N) is 3. The maximum absolute atomic E-state index is 6.28. The summed E-state index contributed by atoms with van der Waals surface area (Å²) in [7, 11) is 0. The molecule has 0 aliphatic heterocycles. The van der Waals surface area contributed by atoms with Crippen LogP contribution in [0.5, 0.6) is 0 Å². The molecular formula is C39H25N3O. The van der Waals surface area contributed by atoms with Crippen LogP contribution in [0.25, 0.3) is 78.1 Å². The molecule has 0 saturated carbocycles. The smallest absolute Gasteiger partial charge is 0.136 e. The second kappa shape index (κ2) is 10.5. The molecule has 0 saturated heterocycles. The molecule has 0 bridgehead atoms. The van der Waals surface area contributed by atoms with Crippen LogP contribution in [-0.2, 0) is 0 Å². The van der Waals surface area contributed by atoms with Gasteiger partial charge in [-0.3, -0.25) is 4.98 Å². The summed E-state index contributed by atoms with van der Waals surface area (Å²) in [6, 6.07) is 47.5. The number of rotatable bonds is 5. The van der Waals surface area contributed by atoms with E-state index in [0.717, 1.165) is 78.1 Å². The molecule has 4 nitrogen and oxygen atoms in total. The van der Waals surface area contributed by atoms with Gasteiger partial charge in [-0.05, 0) is 29.3 Å². The molecule has 0 spiro atoms. The summed E-state index contributed by atoms with van der Waals surface area (Å²) in [5, 5.41) is 2.09. The number of aromatic nitrogens is 3. The number of pyridine rings is 1. The van der Waals surface area contributed by atoms with Crippen LogP contribution in [0.3, 0.4) is 0 Å². The third-order valence-electron chi connectivity index (χ3n) is 7.80. The van der Waals surface area contributed by atoms with Crippen LogP contribution >= 0.6 is 0 Å². The van der Waals surface area contributed by atoms with E-state index in [0.29, 0.717) is 0 Å². The van der Waals surface area contributed by atoms with Gasteiger partial charge in [-0.2, -0.15) is 0 Å². The number of hydrogen-bond acceptors (Lipinski definition) is 4. The summed E-state index contributed by atoms with van der Waals surface area (Å²) >= 11 is 0. The van der Waals surface area contributed by atoms with E-state index in [9.17, 15) is 0 Å². The molecule has 0 N–H and O–H groups in total. The lowest BCUT2D eigenvalue weighted by Gasteiger charge is -2.17. The summed E-state index contributed by atoms with van der Waals surface area (Å²) in [4.78, 5) is 15.2. The van der Waals surface area contributed by atoms with Gasteiger partial charge in [0.1, 0.15) is 11.2 Å². The molecule has 5 aromatic carbocycles. The maximum atomic E-state index is 6.28. The summed E-state index contributed by atoms with van der Waals surface area (Å²) in [6.07, 6.45) is 3.67. The fraction of sp³-hybridized carbons (Fsp3) is 0. The van der Waals surface area contributed by atoms with Crippen molar-refractivity contribution in [3.05, 3.63) is 152 Å². The highest BCUT2D eigenvalue weighted by atomic mass is 16.3. The summed E-state index contributed by atoms with van der Waals surface area (Å²) < 4.78 is 6.28. The molecule has 0 aliphatic rings. The van der Waals surface area contributed by atoms with E-state index in [1.54, 1.807) is 6.20 Å². The number of benzene rings is 5. The number of hydrogen-bond donors (Lipinski definition) is 0. The minimum atomic E-state index is 0.810. The predicted octanol–water partition coefficient (Wildman–Crippen LogP) is 10.1. The van der Waals surface area contributed by atoms with Gasteiger partial charge in [0.15, 0.2) is 0 Å². The zero-order chi connectivity index (χ0) is 28.6. The van der Waals surface area contributed by atoms with Crippen molar-refractivity contribution in [1.29, 1.82) is 0 Å². The molecule has 202 valence electrons. The normalized spacial score (nSPS) is 11.3. The Kier molecular flexibility index (Phi) is 6.08. The average Bonchev–Trinajstić information content (AvgIpc) is 3.48. The molecule has 0 fully saturated rings. The van der Waals surface area contributed by atoms with E-state index in [1.807, 2.05) is 79.0 Å². The van der Waals surface area contributed by atoms with Crippen molar-refractivity contribution in [2.45, 2.75) is 0 Å². The maximum Gasteiger partial charge on any atom is 0.136 e. The first-order valence-corrected chi connectivity index (χ1v) is 14.3. The van der Waals surface area contributed by atoms with Crippen molar-refractivity contribution in [1.82, 2.24) is 15.0 Å². The summed E-state index contributed by atoms with van der Waals surface area (Å²) in [6.45, 7) is 0. The zero-order valence-electron chi connectivity index (χ0n) is 23.2. The molecular weight excluding hydrogens is 526 g/mol. The van der Waals surface area contributed by atoms with Crippen LogP contribution in [0.15, 0.2) is 156 Å². The lowest BCUT2D eigenvalue weighted by Crippen LogP contribution is -2.01. The molecule has 8 rings (SSSR count). The molecule has 0 amide bonds. The lowest BCUT2D eigenvalue weighted by molar-refractivity contribution is 0.669. The molecule has 8 aromatic rings. The van der Waals surface area contributed by atoms with Gasteiger partial charge in [-0.1, -0.05) is 121 Å². The van der Waals surface area contributed by atoms with E-state index in [2.05, 4.69) is 71.7 Å². The average molecular weight is 552 g/mol. The second-order valence-corrected chi connectivity index (χ2v) is 10.4. The predicted molar refractivity (Wildman–Crippen MR) is 174 cm³/mol. The van der Waals surface area contributed by atoms with Gasteiger partial charge >= 0.3 is 0 Å². The SMILES string of the molecule is c1ccc(-c2nc(-c3ccc(-c4cccnc4)cc3)c(-c3cccc4oc5ccccc5c34)nc2-c2ccccc2)cc1. The monoisotopic (exact) mass is 551 g/mol. The highest BCUT2D eigenvalue weighted by molar-refractivity contribution is 6.13. The van der Waals surface area contributed by atoms with Gasteiger partial charge in [-0.15, -0.1) is 0 Å². The quantitative estimate of drug-likeness (QED) is 0.214. The van der Waals surface area contributed by atoms with Gasteiger partial charge in [-0.25, -0.2) is 9.97 Å². The Labute approximate surface area is 249 Å². The third-order valence-corrected chi connectivity index (χ3v) is 7.80. The standard InChI is InChI=1S/C39H25N3O/c1-3-11-27(12-4-1)36-37(28-13-5-2-6-14-28)42-39(32-17-9-19-34-35(32)31-16-7-8-18-33(31)43-34)38(41-36)29-22-20-26(21-23-29)30-15-10-24-40-25-30/h1-25H. The molecule has 0 aliphatic carbocycles. The van der Waals surface area contributed by atoms with Gasteiger partial charge in [0.05, 0.1) is 22.8 Å². The Bertz CT molecular complexity index is 2210. The zero-order valence-corrected chi connectivity index (χ0v) is 23.2. The van der Waals surface area contributed by atoms with Crippen LogP contribution < -0.4 is 0 Å². The molecule has 3 aromatic heterocycles. The van der Waals surface area contributed by atoms with E-state index >= 15 is 0 Å². The number of fused-ring (bicyclic) bond motifs is 3. The van der Waals surface area contributed by atoms with Crippen molar-refractivity contribution >= 4 is 21.9 Å². The first-order valence-electron chi connectivity index (χ1n) is 14.3. The van der Waals surface area contributed by atoms with Crippen LogP contribution in [0.1, 0.15) is 0 Å². The van der Waals surface area contributed by atoms with Crippen LogP contribution in [0.4, 0.5) is 0 Å². The molecule has 0 radical (unpaired) electrons. The Morgan fingerprint density at radius 1 is 0.395 bits per heavy atom. The van der Waals surface area contributed by atoms with E-state index in [1.165, 1.54) is 0 Å². The van der Waals surface area contributed by atoms with Crippen molar-refractivity contribution in [2.24, 2.45) is 0 Å². The highest BCUT2D eigenvalue weighted by Crippen LogP contribution is 2.42. The third kappa shape index (κ3) is 4.46. The largest absolute Gasteiger partial charge is 0.456 e. The van der Waals surface area contributed by atoms with Crippen molar-refractivity contribution < 1.29 is 4.42 Å². The van der Waals surface area contributed by atoms with Crippen molar-refractivity contribution in [3.8, 4) is 56.2 Å². The second-order valence-electron chi connectivity index (χ2n) is 10.4. The van der Waals surface area contributed by atoms with Crippen LogP contribution in [-0.4, -0.2) is 15.0 Å². The Morgan fingerprint density at radius 2 is 0.953 bits per heavy atom. The Morgan fingerprint density at radius 3 is 1.65 bits per heavy atom. The van der Waals surface area contributed by atoms with Gasteiger partial charge < -0.3 is 4.42 Å².